The first-order valence-electron chi connectivity index (χ1n) is 11.0. The largest absolute Gasteiger partial charge is 0.356 e. The highest BCUT2D eigenvalue weighted by Gasteiger charge is 2.37. The standard InChI is InChI=1S/C25H34N4/c1-19-7-6-8-20(15-19)18-29-13-11-23(12-14-29)28-25(26-2)27-17-22-16-24(22)21-9-4-3-5-10-21/h3-10,15,22-24H,11-14,16-18H2,1-2H3,(H2,26,27,28). The lowest BCUT2D eigenvalue weighted by Gasteiger charge is -2.33. The Morgan fingerprint density at radius 2 is 1.86 bits per heavy atom. The molecular formula is C25H34N4. The predicted octanol–water partition coefficient (Wildman–Crippen LogP) is 3.93. The highest BCUT2D eigenvalue weighted by Crippen LogP contribution is 2.46. The fourth-order valence-electron chi connectivity index (χ4n) is 4.50. The molecule has 4 rings (SSSR count). The number of likely N-dealkylation sites (tertiary alicyclic amines) is 1. The van der Waals surface area contributed by atoms with Crippen LogP contribution in [-0.2, 0) is 6.54 Å². The second-order valence-corrected chi connectivity index (χ2v) is 8.65. The molecule has 1 saturated heterocycles. The van der Waals surface area contributed by atoms with Crippen molar-refractivity contribution >= 4 is 5.96 Å². The number of piperidine rings is 1. The topological polar surface area (TPSA) is 39.7 Å². The van der Waals surface area contributed by atoms with Gasteiger partial charge < -0.3 is 10.6 Å². The van der Waals surface area contributed by atoms with Crippen molar-refractivity contribution in [2.75, 3.05) is 26.7 Å². The first-order chi connectivity index (χ1) is 14.2. The summed E-state index contributed by atoms with van der Waals surface area (Å²) in [5.74, 6) is 2.40. The zero-order valence-corrected chi connectivity index (χ0v) is 17.8. The summed E-state index contributed by atoms with van der Waals surface area (Å²) in [6, 6.07) is 20.3. The lowest BCUT2D eigenvalue weighted by atomic mass is 10.0. The first kappa shape index (κ1) is 20.0. The summed E-state index contributed by atoms with van der Waals surface area (Å²) in [6.07, 6.45) is 3.62. The molecule has 4 nitrogen and oxygen atoms in total. The SMILES string of the molecule is CN=C(NCC1CC1c1ccccc1)NC1CCN(Cc2cccc(C)c2)CC1. The third-order valence-corrected chi connectivity index (χ3v) is 6.32. The van der Waals surface area contributed by atoms with Crippen molar-refractivity contribution in [3.63, 3.8) is 0 Å². The number of guanidine groups is 1. The van der Waals surface area contributed by atoms with Gasteiger partial charge in [0.2, 0.25) is 0 Å². The minimum absolute atomic E-state index is 0.513. The Bertz CT molecular complexity index is 809. The van der Waals surface area contributed by atoms with E-state index in [1.807, 2.05) is 7.05 Å². The van der Waals surface area contributed by atoms with E-state index in [1.54, 1.807) is 0 Å². The Kier molecular flexibility index (Phi) is 6.50. The molecule has 2 atom stereocenters. The fraction of sp³-hybridized carbons (Fsp3) is 0.480. The van der Waals surface area contributed by atoms with Gasteiger partial charge in [-0.3, -0.25) is 9.89 Å². The van der Waals surface area contributed by atoms with Crippen LogP contribution in [0.2, 0.25) is 0 Å². The molecule has 154 valence electrons. The summed E-state index contributed by atoms with van der Waals surface area (Å²) in [4.78, 5) is 7.02. The lowest BCUT2D eigenvalue weighted by molar-refractivity contribution is 0.198. The van der Waals surface area contributed by atoms with Gasteiger partial charge in [-0.05, 0) is 49.1 Å². The second kappa shape index (κ2) is 9.45. The number of aryl methyl sites for hydroxylation is 1. The van der Waals surface area contributed by atoms with Gasteiger partial charge in [-0.15, -0.1) is 0 Å². The summed E-state index contributed by atoms with van der Waals surface area (Å²) in [5.41, 5.74) is 4.24. The molecule has 2 aromatic carbocycles. The van der Waals surface area contributed by atoms with Gasteiger partial charge in [0.05, 0.1) is 0 Å². The highest BCUT2D eigenvalue weighted by atomic mass is 15.2. The molecule has 1 heterocycles. The maximum atomic E-state index is 4.46. The van der Waals surface area contributed by atoms with Crippen LogP contribution in [0, 0.1) is 12.8 Å². The van der Waals surface area contributed by atoms with Crippen LogP contribution in [-0.4, -0.2) is 43.6 Å². The summed E-state index contributed by atoms with van der Waals surface area (Å²) in [7, 11) is 1.88. The van der Waals surface area contributed by atoms with Crippen LogP contribution >= 0.6 is 0 Å². The molecule has 1 aliphatic carbocycles. The molecular weight excluding hydrogens is 356 g/mol. The number of aliphatic imine (C=N–C) groups is 1. The third-order valence-electron chi connectivity index (χ3n) is 6.32. The molecule has 2 aliphatic rings. The average molecular weight is 391 g/mol. The first-order valence-corrected chi connectivity index (χ1v) is 11.0. The predicted molar refractivity (Wildman–Crippen MR) is 121 cm³/mol. The average Bonchev–Trinajstić information content (AvgIpc) is 3.53. The molecule has 1 aliphatic heterocycles. The minimum Gasteiger partial charge on any atom is -0.356 e. The summed E-state index contributed by atoms with van der Waals surface area (Å²) in [5, 5.41) is 7.21. The maximum Gasteiger partial charge on any atom is 0.191 e. The van der Waals surface area contributed by atoms with Crippen molar-refractivity contribution in [1.82, 2.24) is 15.5 Å². The third kappa shape index (κ3) is 5.60. The number of hydrogen-bond acceptors (Lipinski definition) is 2. The molecule has 0 radical (unpaired) electrons. The van der Waals surface area contributed by atoms with Crippen molar-refractivity contribution in [3.8, 4) is 0 Å². The van der Waals surface area contributed by atoms with E-state index in [4.69, 9.17) is 0 Å². The van der Waals surface area contributed by atoms with E-state index in [2.05, 4.69) is 82.0 Å². The Balaban J connectivity index is 1.17. The molecule has 29 heavy (non-hydrogen) atoms. The van der Waals surface area contributed by atoms with E-state index < -0.39 is 0 Å². The number of nitrogens with one attached hydrogen (secondary N) is 2. The molecule has 2 unspecified atom stereocenters. The van der Waals surface area contributed by atoms with Crippen molar-refractivity contribution < 1.29 is 0 Å². The van der Waals surface area contributed by atoms with Gasteiger partial charge in [0.1, 0.15) is 0 Å². The highest BCUT2D eigenvalue weighted by molar-refractivity contribution is 5.80. The van der Waals surface area contributed by atoms with Crippen molar-refractivity contribution in [2.24, 2.45) is 10.9 Å². The molecule has 2 aromatic rings. The van der Waals surface area contributed by atoms with Gasteiger partial charge in [0.25, 0.3) is 0 Å². The molecule has 1 saturated carbocycles. The Labute approximate surface area is 175 Å². The van der Waals surface area contributed by atoms with Gasteiger partial charge in [-0.2, -0.15) is 0 Å². The quantitative estimate of drug-likeness (QED) is 0.580. The fourth-order valence-corrected chi connectivity index (χ4v) is 4.50. The Morgan fingerprint density at radius 3 is 2.59 bits per heavy atom. The Hall–Kier alpha value is -2.33. The van der Waals surface area contributed by atoms with Crippen LogP contribution < -0.4 is 10.6 Å². The van der Waals surface area contributed by atoms with Gasteiger partial charge in [-0.25, -0.2) is 0 Å². The maximum absolute atomic E-state index is 4.46. The zero-order chi connectivity index (χ0) is 20.1. The van der Waals surface area contributed by atoms with E-state index in [-0.39, 0.29) is 0 Å². The molecule has 2 N–H and O–H groups in total. The van der Waals surface area contributed by atoms with E-state index >= 15 is 0 Å². The van der Waals surface area contributed by atoms with Crippen molar-refractivity contribution in [2.45, 2.75) is 44.7 Å². The summed E-state index contributed by atoms with van der Waals surface area (Å²) < 4.78 is 0. The van der Waals surface area contributed by atoms with E-state index in [1.165, 1.54) is 36.0 Å². The summed E-state index contributed by atoms with van der Waals surface area (Å²) in [6.45, 7) is 6.51. The van der Waals surface area contributed by atoms with Crippen LogP contribution in [0.25, 0.3) is 0 Å². The van der Waals surface area contributed by atoms with Gasteiger partial charge in [-0.1, -0.05) is 60.2 Å². The number of rotatable bonds is 6. The van der Waals surface area contributed by atoms with Crippen molar-refractivity contribution in [1.29, 1.82) is 0 Å². The van der Waals surface area contributed by atoms with Crippen molar-refractivity contribution in [3.05, 3.63) is 71.3 Å². The van der Waals surface area contributed by atoms with E-state index in [0.29, 0.717) is 12.0 Å². The minimum atomic E-state index is 0.513. The molecule has 0 amide bonds. The molecule has 0 spiro atoms. The number of nitrogens with zero attached hydrogens (tertiary/aromatic N) is 2. The zero-order valence-electron chi connectivity index (χ0n) is 17.8. The van der Waals surface area contributed by atoms with Crippen LogP contribution in [0.1, 0.15) is 41.9 Å². The smallest absolute Gasteiger partial charge is 0.191 e. The Morgan fingerprint density at radius 1 is 1.07 bits per heavy atom. The normalized spacial score (nSPS) is 23.0. The van der Waals surface area contributed by atoms with Crippen LogP contribution in [0.15, 0.2) is 59.6 Å². The second-order valence-electron chi connectivity index (χ2n) is 8.65. The monoisotopic (exact) mass is 390 g/mol. The lowest BCUT2D eigenvalue weighted by Crippen LogP contribution is -2.48. The van der Waals surface area contributed by atoms with E-state index in [9.17, 15) is 0 Å². The number of hydrogen-bond donors (Lipinski definition) is 2. The van der Waals surface area contributed by atoms with Crippen LogP contribution in [0.5, 0.6) is 0 Å². The molecule has 0 bridgehead atoms. The van der Waals surface area contributed by atoms with Gasteiger partial charge >= 0.3 is 0 Å². The number of benzene rings is 2. The molecule has 0 aromatic heterocycles. The van der Waals surface area contributed by atoms with Crippen LogP contribution in [0.3, 0.4) is 0 Å². The van der Waals surface area contributed by atoms with E-state index in [0.717, 1.165) is 38.1 Å². The molecule has 4 heteroatoms. The van der Waals surface area contributed by atoms with Gasteiger partial charge in [0, 0.05) is 39.3 Å². The summed E-state index contributed by atoms with van der Waals surface area (Å²) >= 11 is 0. The van der Waals surface area contributed by atoms with Crippen LogP contribution in [0.4, 0.5) is 0 Å². The molecule has 2 fully saturated rings. The van der Waals surface area contributed by atoms with Gasteiger partial charge in [0.15, 0.2) is 5.96 Å².